The molecule has 0 fully saturated rings. The molecule has 2 aromatic rings. The largest absolute Gasteiger partial charge is 0.399 e. The lowest BCUT2D eigenvalue weighted by molar-refractivity contribution is 0.0943. The van der Waals surface area contributed by atoms with Gasteiger partial charge >= 0.3 is 0 Å². The van der Waals surface area contributed by atoms with Crippen LogP contribution in [0.2, 0.25) is 0 Å². The fourth-order valence-electron chi connectivity index (χ4n) is 1.63. The predicted molar refractivity (Wildman–Crippen MR) is 78.8 cm³/mol. The van der Waals surface area contributed by atoms with E-state index in [-0.39, 0.29) is 11.9 Å². The van der Waals surface area contributed by atoms with Gasteiger partial charge in [0.1, 0.15) is 4.88 Å². The first kappa shape index (κ1) is 13.1. The van der Waals surface area contributed by atoms with Crippen molar-refractivity contribution in [3.63, 3.8) is 0 Å². The summed E-state index contributed by atoms with van der Waals surface area (Å²) in [6, 6.07) is 9.32. The van der Waals surface area contributed by atoms with Crippen LogP contribution < -0.4 is 11.1 Å². The quantitative estimate of drug-likeness (QED) is 0.848. The van der Waals surface area contributed by atoms with Crippen LogP contribution in [0.5, 0.6) is 0 Å². The van der Waals surface area contributed by atoms with Gasteiger partial charge in [-0.2, -0.15) is 0 Å². The van der Waals surface area contributed by atoms with Crippen LogP contribution in [0.4, 0.5) is 5.69 Å². The lowest BCUT2D eigenvalue weighted by Gasteiger charge is -2.14. The SMILES string of the molecule is CC(NC(=O)c1sccc1Br)c1cccc(N)c1. The summed E-state index contributed by atoms with van der Waals surface area (Å²) >= 11 is 4.77. The Bertz CT molecular complexity index is 568. The molecule has 1 aromatic carbocycles. The van der Waals surface area contributed by atoms with Gasteiger partial charge in [0.2, 0.25) is 0 Å². The van der Waals surface area contributed by atoms with Crippen LogP contribution in [-0.4, -0.2) is 5.91 Å². The zero-order valence-corrected chi connectivity index (χ0v) is 12.2. The minimum Gasteiger partial charge on any atom is -0.399 e. The first-order valence-corrected chi connectivity index (χ1v) is 7.14. The third kappa shape index (κ3) is 2.91. The number of rotatable bonds is 3. The summed E-state index contributed by atoms with van der Waals surface area (Å²) in [4.78, 5) is 12.7. The number of benzene rings is 1. The van der Waals surface area contributed by atoms with Gasteiger partial charge in [0, 0.05) is 10.2 Å². The highest BCUT2D eigenvalue weighted by molar-refractivity contribution is 9.10. The first-order chi connectivity index (χ1) is 8.58. The number of nitrogen functional groups attached to an aromatic ring is 1. The Morgan fingerprint density at radius 2 is 2.22 bits per heavy atom. The fourth-order valence-corrected chi connectivity index (χ4v) is 3.08. The van der Waals surface area contributed by atoms with E-state index in [1.54, 1.807) is 0 Å². The molecule has 1 amide bonds. The lowest BCUT2D eigenvalue weighted by Crippen LogP contribution is -2.26. The van der Waals surface area contributed by atoms with Crippen LogP contribution in [0.1, 0.15) is 28.2 Å². The molecule has 3 nitrogen and oxygen atoms in total. The monoisotopic (exact) mass is 324 g/mol. The second-order valence-corrected chi connectivity index (χ2v) is 5.73. The van der Waals surface area contributed by atoms with Crippen molar-refractivity contribution in [2.45, 2.75) is 13.0 Å². The molecule has 1 unspecified atom stereocenters. The molecule has 94 valence electrons. The second kappa shape index (κ2) is 5.54. The molecular weight excluding hydrogens is 312 g/mol. The number of hydrogen-bond donors (Lipinski definition) is 2. The molecular formula is C13H13BrN2OS. The third-order valence-electron chi connectivity index (χ3n) is 2.58. The molecule has 0 saturated heterocycles. The number of nitrogens with one attached hydrogen (secondary N) is 1. The molecule has 0 spiro atoms. The van der Waals surface area contributed by atoms with Gasteiger partial charge in [0.25, 0.3) is 5.91 Å². The van der Waals surface area contributed by atoms with Crippen molar-refractivity contribution >= 4 is 38.9 Å². The average Bonchev–Trinajstić information content (AvgIpc) is 2.75. The Morgan fingerprint density at radius 1 is 1.44 bits per heavy atom. The van der Waals surface area contributed by atoms with Gasteiger partial charge in [-0.05, 0) is 52.0 Å². The van der Waals surface area contributed by atoms with Crippen LogP contribution >= 0.6 is 27.3 Å². The van der Waals surface area contributed by atoms with Gasteiger partial charge in [-0.15, -0.1) is 11.3 Å². The summed E-state index contributed by atoms with van der Waals surface area (Å²) in [5.41, 5.74) is 7.42. The highest BCUT2D eigenvalue weighted by atomic mass is 79.9. The zero-order chi connectivity index (χ0) is 13.1. The zero-order valence-electron chi connectivity index (χ0n) is 9.81. The molecule has 0 saturated carbocycles. The van der Waals surface area contributed by atoms with Gasteiger partial charge in [-0.25, -0.2) is 0 Å². The Hall–Kier alpha value is -1.33. The van der Waals surface area contributed by atoms with Crippen LogP contribution in [0.3, 0.4) is 0 Å². The molecule has 18 heavy (non-hydrogen) atoms. The molecule has 0 aliphatic heterocycles. The van der Waals surface area contributed by atoms with E-state index in [2.05, 4.69) is 21.2 Å². The molecule has 5 heteroatoms. The van der Waals surface area contributed by atoms with Crippen molar-refractivity contribution in [2.24, 2.45) is 0 Å². The van der Waals surface area contributed by atoms with Crippen molar-refractivity contribution in [3.05, 3.63) is 50.6 Å². The van der Waals surface area contributed by atoms with E-state index in [4.69, 9.17) is 5.73 Å². The molecule has 1 heterocycles. The van der Waals surface area contributed by atoms with Crippen LogP contribution in [-0.2, 0) is 0 Å². The molecule has 0 aliphatic carbocycles. The van der Waals surface area contributed by atoms with E-state index < -0.39 is 0 Å². The summed E-state index contributed by atoms with van der Waals surface area (Å²) in [6.45, 7) is 1.94. The summed E-state index contributed by atoms with van der Waals surface area (Å²) in [7, 11) is 0. The van der Waals surface area contributed by atoms with Crippen molar-refractivity contribution in [1.29, 1.82) is 0 Å². The van der Waals surface area contributed by atoms with Gasteiger partial charge in [-0.3, -0.25) is 4.79 Å². The number of anilines is 1. The van der Waals surface area contributed by atoms with Crippen molar-refractivity contribution in [1.82, 2.24) is 5.32 Å². The van der Waals surface area contributed by atoms with Crippen molar-refractivity contribution in [2.75, 3.05) is 5.73 Å². The fraction of sp³-hybridized carbons (Fsp3) is 0.154. The maximum atomic E-state index is 12.0. The maximum Gasteiger partial charge on any atom is 0.262 e. The van der Waals surface area contributed by atoms with Crippen molar-refractivity contribution in [3.8, 4) is 0 Å². The normalized spacial score (nSPS) is 12.1. The number of amides is 1. The Kier molecular flexibility index (Phi) is 4.04. The Balaban J connectivity index is 2.10. The molecule has 1 atom stereocenters. The Labute approximate surface area is 118 Å². The lowest BCUT2D eigenvalue weighted by atomic mass is 10.1. The number of nitrogens with two attached hydrogens (primary N) is 1. The maximum absolute atomic E-state index is 12.0. The summed E-state index contributed by atoms with van der Waals surface area (Å²) in [5.74, 6) is -0.0770. The van der Waals surface area contributed by atoms with E-state index in [0.29, 0.717) is 10.6 Å². The predicted octanol–water partition coefficient (Wildman–Crippen LogP) is 3.58. The number of halogens is 1. The van der Waals surface area contributed by atoms with Gasteiger partial charge in [0.15, 0.2) is 0 Å². The minimum absolute atomic E-state index is 0.0741. The van der Waals surface area contributed by atoms with Gasteiger partial charge in [0.05, 0.1) is 6.04 Å². The highest BCUT2D eigenvalue weighted by Gasteiger charge is 2.15. The smallest absolute Gasteiger partial charge is 0.262 e. The third-order valence-corrected chi connectivity index (χ3v) is 4.42. The second-order valence-electron chi connectivity index (χ2n) is 3.96. The van der Waals surface area contributed by atoms with E-state index in [1.165, 1.54) is 11.3 Å². The van der Waals surface area contributed by atoms with Gasteiger partial charge in [-0.1, -0.05) is 12.1 Å². The topological polar surface area (TPSA) is 55.1 Å². The highest BCUT2D eigenvalue weighted by Crippen LogP contribution is 2.23. The minimum atomic E-state index is -0.0770. The standard InChI is InChI=1S/C13H13BrN2OS/c1-8(9-3-2-4-10(15)7-9)16-13(17)12-11(14)5-6-18-12/h2-8H,15H2,1H3,(H,16,17). The Morgan fingerprint density at radius 3 is 2.83 bits per heavy atom. The molecule has 0 aliphatic rings. The van der Waals surface area contributed by atoms with Crippen molar-refractivity contribution < 1.29 is 4.79 Å². The summed E-state index contributed by atoms with van der Waals surface area (Å²) < 4.78 is 0.824. The van der Waals surface area contributed by atoms with E-state index in [9.17, 15) is 4.79 Å². The average molecular weight is 325 g/mol. The number of carbonyl (C=O) groups is 1. The van der Waals surface area contributed by atoms with Gasteiger partial charge < -0.3 is 11.1 Å². The first-order valence-electron chi connectivity index (χ1n) is 5.47. The van der Waals surface area contributed by atoms with Crippen LogP contribution in [0.15, 0.2) is 40.2 Å². The summed E-state index contributed by atoms with van der Waals surface area (Å²) in [6.07, 6.45) is 0. The van der Waals surface area contributed by atoms with Crippen LogP contribution in [0, 0.1) is 0 Å². The number of hydrogen-bond acceptors (Lipinski definition) is 3. The summed E-state index contributed by atoms with van der Waals surface area (Å²) in [5, 5.41) is 4.83. The molecule has 1 aromatic heterocycles. The molecule has 0 bridgehead atoms. The number of thiophene rings is 1. The number of carbonyl (C=O) groups excluding carboxylic acids is 1. The molecule has 3 N–H and O–H groups in total. The van der Waals surface area contributed by atoms with E-state index >= 15 is 0 Å². The molecule has 2 rings (SSSR count). The van der Waals surface area contributed by atoms with Crippen LogP contribution in [0.25, 0.3) is 0 Å². The molecule has 0 radical (unpaired) electrons. The van der Waals surface area contributed by atoms with E-state index in [0.717, 1.165) is 10.0 Å². The van der Waals surface area contributed by atoms with E-state index in [1.807, 2.05) is 42.6 Å².